The summed E-state index contributed by atoms with van der Waals surface area (Å²) in [5.74, 6) is -3.24. The maximum absolute atomic E-state index is 10.8. The molecule has 5 N–H and O–H groups in total. The lowest BCUT2D eigenvalue weighted by atomic mass is 9.97. The lowest BCUT2D eigenvalue weighted by Crippen LogP contribution is -2.47. The monoisotopic (exact) mass is 238 g/mol. The van der Waals surface area contributed by atoms with E-state index in [4.69, 9.17) is 9.66 Å². The van der Waals surface area contributed by atoms with Crippen LogP contribution in [0, 0.1) is 5.92 Å². The highest BCUT2D eigenvalue weighted by Gasteiger charge is 2.49. The number of hydrogen-bond donors (Lipinski definition) is 3. The summed E-state index contributed by atoms with van der Waals surface area (Å²) in [5, 5.41) is 18.1. The summed E-state index contributed by atoms with van der Waals surface area (Å²) in [6.45, 7) is 0. The Hall–Kier alpha value is -1.22. The second kappa shape index (κ2) is 4.11. The van der Waals surface area contributed by atoms with E-state index < -0.39 is 26.9 Å². The average Bonchev–Trinajstić information content (AvgIpc) is 2.02. The van der Waals surface area contributed by atoms with Crippen LogP contribution in [0.1, 0.15) is 0 Å². The number of carbonyl (C=O) groups is 1. The van der Waals surface area contributed by atoms with E-state index in [2.05, 4.69) is 0 Å². The molecule has 0 bridgehead atoms. The van der Waals surface area contributed by atoms with Crippen molar-refractivity contribution >= 4 is 16.1 Å². The maximum Gasteiger partial charge on any atom is 0.314 e. The molecule has 0 spiro atoms. The molecule has 0 amide bonds. The fourth-order valence-corrected chi connectivity index (χ4v) is 1.87. The molecular formula is C7H10O7S. The van der Waals surface area contributed by atoms with Crippen LogP contribution in [-0.4, -0.2) is 39.6 Å². The molecule has 2 unspecified atom stereocenters. The number of allylic oxidation sites excluding steroid dienone is 2. The first-order valence-corrected chi connectivity index (χ1v) is 5.01. The van der Waals surface area contributed by atoms with E-state index in [1.54, 1.807) is 0 Å². The topological polar surface area (TPSA) is 143 Å². The summed E-state index contributed by atoms with van der Waals surface area (Å²) in [7, 11) is -4.88. The van der Waals surface area contributed by atoms with E-state index in [-0.39, 0.29) is 5.48 Å². The molecule has 1 rings (SSSR count). The average molecular weight is 238 g/mol. The van der Waals surface area contributed by atoms with Gasteiger partial charge in [-0.05, 0) is 6.08 Å². The van der Waals surface area contributed by atoms with Gasteiger partial charge in [0.1, 0.15) is 5.92 Å². The van der Waals surface area contributed by atoms with Gasteiger partial charge in [-0.2, -0.15) is 8.42 Å². The molecule has 0 aromatic rings. The molecule has 0 saturated carbocycles. The zero-order valence-electron chi connectivity index (χ0n) is 7.36. The Labute approximate surface area is 85.4 Å². The van der Waals surface area contributed by atoms with Crippen LogP contribution < -0.4 is 0 Å². The SMILES string of the molecule is O.O=C(O)C1C=CC=CC1(O)S(=O)(=O)O. The van der Waals surface area contributed by atoms with Crippen molar-refractivity contribution in [2.45, 2.75) is 4.93 Å². The largest absolute Gasteiger partial charge is 0.481 e. The minimum atomic E-state index is -4.88. The highest BCUT2D eigenvalue weighted by atomic mass is 32.2. The third kappa shape index (κ3) is 2.23. The smallest absolute Gasteiger partial charge is 0.314 e. The van der Waals surface area contributed by atoms with Crippen molar-refractivity contribution < 1.29 is 33.5 Å². The molecule has 2 atom stereocenters. The molecule has 0 saturated heterocycles. The van der Waals surface area contributed by atoms with Crippen LogP contribution in [0.5, 0.6) is 0 Å². The quantitative estimate of drug-likeness (QED) is 0.503. The summed E-state index contributed by atoms with van der Waals surface area (Å²) in [4.78, 5) is 7.81. The molecule has 0 heterocycles. The van der Waals surface area contributed by atoms with Crippen molar-refractivity contribution in [3.05, 3.63) is 24.3 Å². The van der Waals surface area contributed by atoms with Crippen molar-refractivity contribution in [1.82, 2.24) is 0 Å². The fraction of sp³-hybridized carbons (Fsp3) is 0.286. The van der Waals surface area contributed by atoms with E-state index in [1.165, 1.54) is 6.08 Å². The Morgan fingerprint density at radius 2 is 1.87 bits per heavy atom. The van der Waals surface area contributed by atoms with Crippen LogP contribution in [0.3, 0.4) is 0 Å². The molecule has 0 aromatic heterocycles. The Balaban J connectivity index is 0.00000196. The molecule has 8 heteroatoms. The summed E-state index contributed by atoms with van der Waals surface area (Å²) < 4.78 is 30.3. The number of carboxylic acids is 1. The maximum atomic E-state index is 10.8. The van der Waals surface area contributed by atoms with Crippen molar-refractivity contribution in [2.24, 2.45) is 5.92 Å². The van der Waals surface area contributed by atoms with Gasteiger partial charge in [0.25, 0.3) is 10.1 Å². The second-order valence-electron chi connectivity index (χ2n) is 2.79. The molecule has 1 aliphatic rings. The molecule has 0 fully saturated rings. The van der Waals surface area contributed by atoms with Crippen molar-refractivity contribution in [3.63, 3.8) is 0 Å². The molecule has 0 aromatic carbocycles. The van der Waals surface area contributed by atoms with E-state index in [0.717, 1.165) is 18.2 Å². The van der Waals surface area contributed by atoms with Crippen LogP contribution in [0.4, 0.5) is 0 Å². The number of hydrogen-bond acceptors (Lipinski definition) is 4. The van der Waals surface area contributed by atoms with Gasteiger partial charge in [-0.25, -0.2) is 0 Å². The lowest BCUT2D eigenvalue weighted by molar-refractivity contribution is -0.143. The molecule has 7 nitrogen and oxygen atoms in total. The van der Waals surface area contributed by atoms with E-state index >= 15 is 0 Å². The fourth-order valence-electron chi connectivity index (χ4n) is 1.12. The van der Waals surface area contributed by atoms with Crippen LogP contribution in [0.2, 0.25) is 0 Å². The van der Waals surface area contributed by atoms with Crippen LogP contribution in [-0.2, 0) is 14.9 Å². The van der Waals surface area contributed by atoms with E-state index in [0.29, 0.717) is 0 Å². The normalized spacial score (nSPS) is 29.6. The van der Waals surface area contributed by atoms with E-state index in [9.17, 15) is 18.3 Å². The molecule has 1 aliphatic carbocycles. The van der Waals surface area contributed by atoms with Crippen LogP contribution in [0.25, 0.3) is 0 Å². The molecule has 15 heavy (non-hydrogen) atoms. The molecule has 0 aliphatic heterocycles. The Morgan fingerprint density at radius 1 is 1.33 bits per heavy atom. The molecule has 86 valence electrons. The Morgan fingerprint density at radius 3 is 2.20 bits per heavy atom. The third-order valence-electron chi connectivity index (χ3n) is 1.87. The number of aliphatic carboxylic acids is 1. The molecular weight excluding hydrogens is 228 g/mol. The summed E-state index contributed by atoms with van der Waals surface area (Å²) in [6.07, 6.45) is 4.13. The van der Waals surface area contributed by atoms with Gasteiger partial charge < -0.3 is 15.7 Å². The zero-order valence-corrected chi connectivity index (χ0v) is 8.18. The van der Waals surface area contributed by atoms with E-state index in [1.807, 2.05) is 0 Å². The van der Waals surface area contributed by atoms with Crippen molar-refractivity contribution in [2.75, 3.05) is 0 Å². The van der Waals surface area contributed by atoms with Gasteiger partial charge in [0, 0.05) is 0 Å². The van der Waals surface area contributed by atoms with Crippen molar-refractivity contribution in [3.8, 4) is 0 Å². The van der Waals surface area contributed by atoms with Gasteiger partial charge in [-0.15, -0.1) is 0 Å². The molecule has 0 radical (unpaired) electrons. The minimum absolute atomic E-state index is 0. The second-order valence-corrected chi connectivity index (χ2v) is 4.39. The van der Waals surface area contributed by atoms with Gasteiger partial charge in [0.15, 0.2) is 0 Å². The predicted octanol–water partition coefficient (Wildman–Crippen LogP) is -1.44. The van der Waals surface area contributed by atoms with Gasteiger partial charge in [-0.1, -0.05) is 18.2 Å². The summed E-state index contributed by atoms with van der Waals surface area (Å²) >= 11 is 0. The third-order valence-corrected chi connectivity index (χ3v) is 3.09. The standard InChI is InChI=1S/C7H8O6S.H2O/c8-6(9)5-3-1-2-4-7(5,10)14(11,12)13;/h1-5,10H,(H,8,9)(H,11,12,13);1H2. The minimum Gasteiger partial charge on any atom is -0.481 e. The zero-order chi connectivity index (χ0) is 11.0. The summed E-state index contributed by atoms with van der Waals surface area (Å²) in [5.41, 5.74) is 0. The Bertz CT molecular complexity index is 407. The first-order chi connectivity index (χ1) is 6.29. The van der Waals surface area contributed by atoms with Gasteiger partial charge in [0.05, 0.1) is 0 Å². The first kappa shape index (κ1) is 13.8. The Kier molecular flexibility index (Phi) is 3.77. The highest BCUT2D eigenvalue weighted by molar-refractivity contribution is 7.87. The van der Waals surface area contributed by atoms with Gasteiger partial charge >= 0.3 is 5.97 Å². The predicted molar refractivity (Wildman–Crippen MR) is 49.5 cm³/mol. The lowest BCUT2D eigenvalue weighted by Gasteiger charge is -2.27. The number of aliphatic hydroxyl groups is 1. The number of carboxylic acid groups (broad SMARTS) is 1. The summed E-state index contributed by atoms with van der Waals surface area (Å²) in [6, 6.07) is 0. The van der Waals surface area contributed by atoms with Gasteiger partial charge in [-0.3, -0.25) is 9.35 Å². The highest BCUT2D eigenvalue weighted by Crippen LogP contribution is 2.29. The van der Waals surface area contributed by atoms with Crippen LogP contribution >= 0.6 is 0 Å². The number of rotatable bonds is 2. The van der Waals surface area contributed by atoms with Crippen LogP contribution in [0.15, 0.2) is 24.3 Å². The first-order valence-electron chi connectivity index (χ1n) is 3.57. The van der Waals surface area contributed by atoms with Gasteiger partial charge in [0.2, 0.25) is 4.93 Å². The van der Waals surface area contributed by atoms with Crippen molar-refractivity contribution in [1.29, 1.82) is 0 Å².